The zero-order valence-electron chi connectivity index (χ0n) is 15.9. The van der Waals surface area contributed by atoms with E-state index < -0.39 is 0 Å². The summed E-state index contributed by atoms with van der Waals surface area (Å²) in [5.74, 6) is 0.335. The van der Waals surface area contributed by atoms with Gasteiger partial charge in [0.15, 0.2) is 0 Å². The lowest BCUT2D eigenvalue weighted by Gasteiger charge is -2.34. The third-order valence-corrected chi connectivity index (χ3v) is 5.02. The number of ketones is 1. The Hall–Kier alpha value is -1.89. The van der Waals surface area contributed by atoms with E-state index in [2.05, 4.69) is 90.1 Å². The molecule has 0 spiro atoms. The third-order valence-electron chi connectivity index (χ3n) is 5.02. The lowest BCUT2D eigenvalue weighted by Crippen LogP contribution is -2.39. The van der Waals surface area contributed by atoms with Gasteiger partial charge in [-0.15, -0.1) is 0 Å². The van der Waals surface area contributed by atoms with Gasteiger partial charge in [0, 0.05) is 10.8 Å². The zero-order valence-corrected chi connectivity index (χ0v) is 15.9. The summed E-state index contributed by atoms with van der Waals surface area (Å²) in [6, 6.07) is 16.7. The zero-order chi connectivity index (χ0) is 18.0. The number of carbonyl (C=O) groups excluding carboxylic acids is 1. The predicted molar refractivity (Wildman–Crippen MR) is 102 cm³/mol. The minimum atomic E-state index is -0.377. The molecule has 0 fully saturated rings. The largest absolute Gasteiger partial charge is 0.298 e. The Kier molecular flexibility index (Phi) is 5.32. The molecule has 0 saturated carbocycles. The monoisotopic (exact) mass is 322 g/mol. The summed E-state index contributed by atoms with van der Waals surface area (Å²) in [6.45, 7) is 12.6. The van der Waals surface area contributed by atoms with E-state index in [9.17, 15) is 4.79 Å². The van der Waals surface area contributed by atoms with E-state index >= 15 is 0 Å². The normalized spacial score (nSPS) is 12.2. The van der Waals surface area contributed by atoms with Crippen LogP contribution in [0.2, 0.25) is 0 Å². The van der Waals surface area contributed by atoms with Crippen molar-refractivity contribution in [2.45, 2.75) is 54.4 Å². The first-order valence-electron chi connectivity index (χ1n) is 8.77. The summed E-state index contributed by atoms with van der Waals surface area (Å²) in [7, 11) is 0. The van der Waals surface area contributed by atoms with Crippen LogP contribution < -0.4 is 0 Å². The topological polar surface area (TPSA) is 17.1 Å². The van der Waals surface area contributed by atoms with Crippen LogP contribution in [0.15, 0.2) is 48.5 Å². The van der Waals surface area contributed by atoms with E-state index in [0.717, 1.165) is 12.8 Å². The summed E-state index contributed by atoms with van der Waals surface area (Å²) < 4.78 is 0. The van der Waals surface area contributed by atoms with E-state index in [0.29, 0.717) is 5.78 Å². The first-order chi connectivity index (χ1) is 11.1. The van der Waals surface area contributed by atoms with Crippen LogP contribution in [0.1, 0.15) is 49.9 Å². The highest BCUT2D eigenvalue weighted by atomic mass is 16.1. The lowest BCUT2D eigenvalue weighted by atomic mass is 9.68. The average Bonchev–Trinajstić information content (AvgIpc) is 2.51. The summed E-state index contributed by atoms with van der Waals surface area (Å²) in [5.41, 5.74) is 4.30. The molecular formula is C23H30O. The summed E-state index contributed by atoms with van der Waals surface area (Å²) in [6.07, 6.45) is 1.57. The van der Waals surface area contributed by atoms with Gasteiger partial charge < -0.3 is 0 Å². The van der Waals surface area contributed by atoms with Gasteiger partial charge in [-0.05, 0) is 48.9 Å². The van der Waals surface area contributed by atoms with E-state index in [1.165, 1.54) is 22.3 Å². The van der Waals surface area contributed by atoms with Gasteiger partial charge in [-0.3, -0.25) is 4.79 Å². The molecule has 0 aliphatic heterocycles. The van der Waals surface area contributed by atoms with Gasteiger partial charge in [-0.1, -0.05) is 76.2 Å². The van der Waals surface area contributed by atoms with Crippen molar-refractivity contribution < 1.29 is 4.79 Å². The molecule has 128 valence electrons. The van der Waals surface area contributed by atoms with Crippen LogP contribution in [0.3, 0.4) is 0 Å². The second kappa shape index (κ2) is 6.93. The molecule has 0 unspecified atom stereocenters. The van der Waals surface area contributed by atoms with Crippen molar-refractivity contribution in [3.8, 4) is 0 Å². The summed E-state index contributed by atoms with van der Waals surface area (Å²) in [4.78, 5) is 13.3. The highest BCUT2D eigenvalue weighted by Crippen LogP contribution is 2.36. The Morgan fingerprint density at radius 3 is 1.38 bits per heavy atom. The minimum Gasteiger partial charge on any atom is -0.298 e. The van der Waals surface area contributed by atoms with Gasteiger partial charge in [0.25, 0.3) is 0 Å². The van der Waals surface area contributed by atoms with Crippen molar-refractivity contribution in [1.82, 2.24) is 0 Å². The van der Waals surface area contributed by atoms with Crippen molar-refractivity contribution >= 4 is 5.78 Å². The highest BCUT2D eigenvalue weighted by Gasteiger charge is 2.39. The van der Waals surface area contributed by atoms with Crippen LogP contribution in [0, 0.1) is 24.7 Å². The molecule has 0 amide bonds. The van der Waals surface area contributed by atoms with Crippen molar-refractivity contribution in [3.05, 3.63) is 70.8 Å². The maximum atomic E-state index is 13.3. The van der Waals surface area contributed by atoms with Gasteiger partial charge in [-0.2, -0.15) is 0 Å². The number of hydrogen-bond acceptors (Lipinski definition) is 1. The molecule has 1 nitrogen and oxygen atoms in total. The quantitative estimate of drug-likeness (QED) is 0.665. The van der Waals surface area contributed by atoms with E-state index in [4.69, 9.17) is 0 Å². The minimum absolute atomic E-state index is 0.335. The van der Waals surface area contributed by atoms with Crippen LogP contribution in [0.25, 0.3) is 0 Å². The number of hydrogen-bond donors (Lipinski definition) is 0. The van der Waals surface area contributed by atoms with Crippen LogP contribution in [-0.2, 0) is 17.6 Å². The van der Waals surface area contributed by atoms with Crippen LogP contribution in [-0.4, -0.2) is 5.78 Å². The Bertz CT molecular complexity index is 661. The fraction of sp³-hybridized carbons (Fsp3) is 0.435. The number of rotatable bonds is 6. The smallest absolute Gasteiger partial charge is 0.144 e. The molecule has 2 aromatic carbocycles. The van der Waals surface area contributed by atoms with E-state index in [1.54, 1.807) is 0 Å². The fourth-order valence-corrected chi connectivity index (χ4v) is 3.65. The molecule has 2 rings (SSSR count). The molecule has 0 aliphatic rings. The molecule has 0 N–H and O–H groups in total. The standard InChI is InChI=1S/C23H30O/c1-17-11-7-9-13-19(17)15-22(3,4)21(24)23(5,6)16-20-14-10-8-12-18(20)2/h7-14H,15-16H2,1-6H3. The van der Waals surface area contributed by atoms with Gasteiger partial charge >= 0.3 is 0 Å². The number of carbonyl (C=O) groups is 1. The van der Waals surface area contributed by atoms with Gasteiger partial charge in [0.1, 0.15) is 5.78 Å². The van der Waals surface area contributed by atoms with Crippen molar-refractivity contribution in [1.29, 1.82) is 0 Å². The average molecular weight is 322 g/mol. The Morgan fingerprint density at radius 1 is 0.708 bits per heavy atom. The summed E-state index contributed by atoms with van der Waals surface area (Å²) >= 11 is 0. The second-order valence-electron chi connectivity index (χ2n) is 8.30. The van der Waals surface area contributed by atoms with E-state index in [-0.39, 0.29) is 10.8 Å². The molecule has 0 radical (unpaired) electrons. The molecule has 24 heavy (non-hydrogen) atoms. The number of aryl methyl sites for hydroxylation is 2. The molecule has 1 heteroatoms. The van der Waals surface area contributed by atoms with Gasteiger partial charge in [0.2, 0.25) is 0 Å². The maximum absolute atomic E-state index is 13.3. The van der Waals surface area contributed by atoms with E-state index in [1.807, 2.05) is 0 Å². The Balaban J connectivity index is 2.21. The molecule has 0 bridgehead atoms. The fourth-order valence-electron chi connectivity index (χ4n) is 3.65. The first kappa shape index (κ1) is 18.4. The highest BCUT2D eigenvalue weighted by molar-refractivity contribution is 5.89. The molecule has 2 aromatic rings. The van der Waals surface area contributed by atoms with Crippen molar-refractivity contribution in [3.63, 3.8) is 0 Å². The van der Waals surface area contributed by atoms with Crippen molar-refractivity contribution in [2.75, 3.05) is 0 Å². The summed E-state index contributed by atoms with van der Waals surface area (Å²) in [5, 5.41) is 0. The molecule has 0 aliphatic carbocycles. The third kappa shape index (κ3) is 4.14. The first-order valence-corrected chi connectivity index (χ1v) is 8.77. The molecular weight excluding hydrogens is 292 g/mol. The maximum Gasteiger partial charge on any atom is 0.144 e. The second-order valence-corrected chi connectivity index (χ2v) is 8.30. The molecule has 0 saturated heterocycles. The van der Waals surface area contributed by atoms with Gasteiger partial charge in [-0.25, -0.2) is 0 Å². The number of Topliss-reactive ketones (excluding diaryl/α,β-unsaturated/α-hetero) is 1. The predicted octanol–water partition coefficient (Wildman–Crippen LogP) is 5.71. The Morgan fingerprint density at radius 2 is 1.04 bits per heavy atom. The van der Waals surface area contributed by atoms with Crippen molar-refractivity contribution in [2.24, 2.45) is 10.8 Å². The molecule has 0 heterocycles. The van der Waals surface area contributed by atoms with Crippen LogP contribution in [0.5, 0.6) is 0 Å². The lowest BCUT2D eigenvalue weighted by molar-refractivity contribution is -0.135. The molecule has 0 atom stereocenters. The van der Waals surface area contributed by atoms with Crippen LogP contribution >= 0.6 is 0 Å². The Labute approximate surface area is 147 Å². The SMILES string of the molecule is Cc1ccccc1CC(C)(C)C(=O)C(C)(C)Cc1ccccc1C. The molecule has 0 aromatic heterocycles. The van der Waals surface area contributed by atoms with Crippen LogP contribution in [0.4, 0.5) is 0 Å². The number of benzene rings is 2. The van der Waals surface area contributed by atoms with Gasteiger partial charge in [0.05, 0.1) is 0 Å².